The van der Waals surface area contributed by atoms with Crippen molar-refractivity contribution in [2.45, 2.75) is 6.92 Å². The van der Waals surface area contributed by atoms with E-state index in [1.807, 2.05) is 6.07 Å². The lowest BCUT2D eigenvalue weighted by Crippen LogP contribution is -2.00. The Morgan fingerprint density at radius 2 is 2.22 bits per heavy atom. The SMILES string of the molecule is Cc1cc(F)c(Br)cc1Nc1nnccc1C#N. The van der Waals surface area contributed by atoms with Crippen molar-refractivity contribution in [2.75, 3.05) is 5.32 Å². The molecule has 0 spiro atoms. The molecule has 90 valence electrons. The Morgan fingerprint density at radius 1 is 1.44 bits per heavy atom. The average molecular weight is 307 g/mol. The molecule has 0 radical (unpaired) electrons. The van der Waals surface area contributed by atoms with Gasteiger partial charge in [0.25, 0.3) is 0 Å². The molecular formula is C12H8BrFN4. The van der Waals surface area contributed by atoms with Gasteiger partial charge in [-0.3, -0.25) is 0 Å². The molecule has 2 aromatic rings. The van der Waals surface area contributed by atoms with E-state index in [4.69, 9.17) is 5.26 Å². The third-order valence-electron chi connectivity index (χ3n) is 2.36. The van der Waals surface area contributed by atoms with Crippen molar-refractivity contribution in [3.63, 3.8) is 0 Å². The first-order chi connectivity index (χ1) is 8.61. The predicted octanol–water partition coefficient (Wildman–Crippen LogP) is 3.30. The van der Waals surface area contributed by atoms with Gasteiger partial charge < -0.3 is 5.32 Å². The predicted molar refractivity (Wildman–Crippen MR) is 68.9 cm³/mol. The average Bonchev–Trinajstić information content (AvgIpc) is 2.36. The number of nitrogens with one attached hydrogen (secondary N) is 1. The summed E-state index contributed by atoms with van der Waals surface area (Å²) >= 11 is 3.11. The van der Waals surface area contributed by atoms with E-state index in [1.54, 1.807) is 19.1 Å². The van der Waals surface area contributed by atoms with Crippen molar-refractivity contribution in [3.8, 4) is 6.07 Å². The van der Waals surface area contributed by atoms with Crippen molar-refractivity contribution in [2.24, 2.45) is 0 Å². The molecule has 0 aliphatic heterocycles. The number of benzene rings is 1. The Labute approximate surface area is 112 Å². The van der Waals surface area contributed by atoms with E-state index in [1.165, 1.54) is 12.3 Å². The van der Waals surface area contributed by atoms with E-state index in [2.05, 4.69) is 31.4 Å². The van der Waals surface area contributed by atoms with Gasteiger partial charge in [0.2, 0.25) is 0 Å². The molecule has 0 atom stereocenters. The van der Waals surface area contributed by atoms with Gasteiger partial charge in [0.05, 0.1) is 16.2 Å². The molecule has 4 nitrogen and oxygen atoms in total. The van der Waals surface area contributed by atoms with Crippen molar-refractivity contribution in [1.29, 1.82) is 5.26 Å². The Kier molecular flexibility index (Phi) is 3.53. The van der Waals surface area contributed by atoms with Crippen LogP contribution in [0.2, 0.25) is 0 Å². The molecule has 0 aliphatic carbocycles. The number of hydrogen-bond acceptors (Lipinski definition) is 4. The van der Waals surface area contributed by atoms with Crippen molar-refractivity contribution in [3.05, 3.63) is 45.8 Å². The van der Waals surface area contributed by atoms with Gasteiger partial charge in [0.15, 0.2) is 5.82 Å². The highest BCUT2D eigenvalue weighted by atomic mass is 79.9. The first-order valence-electron chi connectivity index (χ1n) is 5.06. The van der Waals surface area contributed by atoms with E-state index < -0.39 is 0 Å². The lowest BCUT2D eigenvalue weighted by molar-refractivity contribution is 0.620. The summed E-state index contributed by atoms with van der Waals surface area (Å²) in [6.45, 7) is 1.76. The van der Waals surface area contributed by atoms with Crippen LogP contribution in [-0.4, -0.2) is 10.2 Å². The number of aryl methyl sites for hydroxylation is 1. The number of nitriles is 1. The fraction of sp³-hybridized carbons (Fsp3) is 0.0833. The maximum absolute atomic E-state index is 13.3. The lowest BCUT2D eigenvalue weighted by atomic mass is 10.2. The van der Waals surface area contributed by atoms with E-state index >= 15 is 0 Å². The molecule has 1 heterocycles. The molecular weight excluding hydrogens is 299 g/mol. The maximum atomic E-state index is 13.3. The number of nitrogens with zero attached hydrogens (tertiary/aromatic N) is 3. The Bertz CT molecular complexity index is 636. The molecule has 0 saturated heterocycles. The molecule has 0 amide bonds. The minimum atomic E-state index is -0.335. The third kappa shape index (κ3) is 2.46. The van der Waals surface area contributed by atoms with Crippen LogP contribution >= 0.6 is 15.9 Å². The smallest absolute Gasteiger partial charge is 0.171 e. The second-order valence-electron chi connectivity index (χ2n) is 3.61. The highest BCUT2D eigenvalue weighted by Crippen LogP contribution is 2.27. The molecule has 0 fully saturated rings. The van der Waals surface area contributed by atoms with Gasteiger partial charge in [-0.25, -0.2) is 4.39 Å². The molecule has 0 bridgehead atoms. The van der Waals surface area contributed by atoms with E-state index in [0.717, 1.165) is 0 Å². The standard InChI is InChI=1S/C12H8BrFN4/c1-7-4-10(14)9(13)5-11(7)17-12-8(6-15)2-3-16-18-12/h2-5H,1H3,(H,17,18). The molecule has 0 unspecified atom stereocenters. The molecule has 6 heteroatoms. The number of aromatic nitrogens is 2. The molecule has 2 rings (SSSR count). The van der Waals surface area contributed by atoms with Crippen LogP contribution < -0.4 is 5.32 Å². The summed E-state index contributed by atoms with van der Waals surface area (Å²) in [6, 6.07) is 6.56. The Hall–Kier alpha value is -2.00. The first-order valence-corrected chi connectivity index (χ1v) is 5.85. The van der Waals surface area contributed by atoms with Gasteiger partial charge in [-0.05, 0) is 46.6 Å². The molecule has 0 aliphatic rings. The fourth-order valence-corrected chi connectivity index (χ4v) is 1.77. The molecule has 1 N–H and O–H groups in total. The van der Waals surface area contributed by atoms with Gasteiger partial charge in [0.1, 0.15) is 11.9 Å². The van der Waals surface area contributed by atoms with Crippen LogP contribution in [0.4, 0.5) is 15.9 Å². The summed E-state index contributed by atoms with van der Waals surface area (Å²) in [5.74, 6) is 0.0133. The summed E-state index contributed by atoms with van der Waals surface area (Å²) < 4.78 is 13.6. The van der Waals surface area contributed by atoms with E-state index in [9.17, 15) is 4.39 Å². The normalized spacial score (nSPS) is 9.89. The van der Waals surface area contributed by atoms with Crippen LogP contribution in [0.1, 0.15) is 11.1 Å². The zero-order chi connectivity index (χ0) is 13.1. The second-order valence-corrected chi connectivity index (χ2v) is 4.47. The van der Waals surface area contributed by atoms with Crippen LogP contribution in [0.3, 0.4) is 0 Å². The van der Waals surface area contributed by atoms with Gasteiger partial charge in [-0.2, -0.15) is 10.4 Å². The summed E-state index contributed by atoms with van der Waals surface area (Å²) in [4.78, 5) is 0. The summed E-state index contributed by atoms with van der Waals surface area (Å²) in [7, 11) is 0. The largest absolute Gasteiger partial charge is 0.337 e. The Morgan fingerprint density at radius 3 is 2.94 bits per heavy atom. The van der Waals surface area contributed by atoms with E-state index in [-0.39, 0.29) is 5.82 Å². The molecule has 1 aromatic heterocycles. The summed E-state index contributed by atoms with van der Waals surface area (Å²) in [5, 5.41) is 19.5. The molecule has 0 saturated carbocycles. The quantitative estimate of drug-likeness (QED) is 0.924. The highest BCUT2D eigenvalue weighted by molar-refractivity contribution is 9.10. The van der Waals surface area contributed by atoms with Gasteiger partial charge in [-0.15, -0.1) is 5.10 Å². The number of rotatable bonds is 2. The summed E-state index contributed by atoms with van der Waals surface area (Å²) in [5.41, 5.74) is 1.76. The fourth-order valence-electron chi connectivity index (χ4n) is 1.42. The van der Waals surface area contributed by atoms with E-state index in [0.29, 0.717) is 27.1 Å². The third-order valence-corrected chi connectivity index (χ3v) is 2.97. The minimum absolute atomic E-state index is 0.335. The van der Waals surface area contributed by atoms with Gasteiger partial charge >= 0.3 is 0 Å². The highest BCUT2D eigenvalue weighted by Gasteiger charge is 2.08. The zero-order valence-electron chi connectivity index (χ0n) is 9.41. The monoisotopic (exact) mass is 306 g/mol. The van der Waals surface area contributed by atoms with Crippen LogP contribution in [0, 0.1) is 24.1 Å². The molecule has 18 heavy (non-hydrogen) atoms. The maximum Gasteiger partial charge on any atom is 0.171 e. The number of hydrogen-bond donors (Lipinski definition) is 1. The Balaban J connectivity index is 2.41. The van der Waals surface area contributed by atoms with Gasteiger partial charge in [0, 0.05) is 5.69 Å². The van der Waals surface area contributed by atoms with Crippen LogP contribution in [0.25, 0.3) is 0 Å². The molecule has 1 aromatic carbocycles. The van der Waals surface area contributed by atoms with Crippen LogP contribution in [0.5, 0.6) is 0 Å². The number of halogens is 2. The number of anilines is 2. The summed E-state index contributed by atoms with van der Waals surface area (Å²) in [6.07, 6.45) is 1.44. The van der Waals surface area contributed by atoms with Crippen LogP contribution in [-0.2, 0) is 0 Å². The van der Waals surface area contributed by atoms with Crippen molar-refractivity contribution >= 4 is 27.4 Å². The van der Waals surface area contributed by atoms with Crippen LogP contribution in [0.15, 0.2) is 28.9 Å². The van der Waals surface area contributed by atoms with Crippen molar-refractivity contribution in [1.82, 2.24) is 10.2 Å². The minimum Gasteiger partial charge on any atom is -0.337 e. The second kappa shape index (κ2) is 5.10. The topological polar surface area (TPSA) is 61.6 Å². The van der Waals surface area contributed by atoms with Gasteiger partial charge in [-0.1, -0.05) is 0 Å². The lowest BCUT2D eigenvalue weighted by Gasteiger charge is -2.10. The zero-order valence-corrected chi connectivity index (χ0v) is 11.0. The first kappa shape index (κ1) is 12.5. The van der Waals surface area contributed by atoms with Crippen molar-refractivity contribution < 1.29 is 4.39 Å².